The van der Waals surface area contributed by atoms with Crippen LogP contribution in [0.15, 0.2) is 41.8 Å². The lowest BCUT2D eigenvalue weighted by molar-refractivity contribution is -0.113. The van der Waals surface area contributed by atoms with Crippen molar-refractivity contribution in [3.8, 4) is 0 Å². The van der Waals surface area contributed by atoms with E-state index in [1.807, 2.05) is 29.8 Å². The smallest absolute Gasteiger partial charge is 0.253 e. The summed E-state index contributed by atoms with van der Waals surface area (Å²) >= 11 is 1.38. The molecule has 3 rings (SSSR count). The zero-order valence-corrected chi connectivity index (χ0v) is 16.1. The number of nitrogens with one attached hydrogen (secondary N) is 1. The maximum Gasteiger partial charge on any atom is 0.253 e. The number of nitrogens with zero attached hydrogens (tertiary/aromatic N) is 3. The molecule has 0 saturated heterocycles. The van der Waals surface area contributed by atoms with Gasteiger partial charge >= 0.3 is 0 Å². The summed E-state index contributed by atoms with van der Waals surface area (Å²) in [4.78, 5) is 30.6. The molecule has 0 spiro atoms. The maximum atomic E-state index is 12.5. The Bertz CT molecular complexity index is 783. The van der Waals surface area contributed by atoms with Gasteiger partial charge in [0.2, 0.25) is 5.91 Å². The van der Waals surface area contributed by atoms with Crippen molar-refractivity contribution >= 4 is 29.3 Å². The molecule has 6 nitrogen and oxygen atoms in total. The molecule has 0 aliphatic heterocycles. The lowest BCUT2D eigenvalue weighted by Crippen LogP contribution is -2.36. The van der Waals surface area contributed by atoms with Gasteiger partial charge in [-0.25, -0.2) is 4.98 Å². The molecule has 1 fully saturated rings. The van der Waals surface area contributed by atoms with E-state index >= 15 is 0 Å². The number of benzene rings is 1. The van der Waals surface area contributed by atoms with Crippen LogP contribution in [0.5, 0.6) is 0 Å². The first kappa shape index (κ1) is 18.5. The first-order valence-corrected chi connectivity index (χ1v) is 9.71. The number of hydrogen-bond donors (Lipinski definition) is 1. The van der Waals surface area contributed by atoms with E-state index < -0.39 is 0 Å². The second-order valence-electron chi connectivity index (χ2n) is 6.73. The summed E-state index contributed by atoms with van der Waals surface area (Å²) in [6, 6.07) is 7.34. The zero-order valence-electron chi connectivity index (χ0n) is 15.3. The third kappa shape index (κ3) is 4.46. The Morgan fingerprint density at radius 1 is 1.35 bits per heavy atom. The number of rotatable bonds is 7. The number of anilines is 1. The molecule has 1 N–H and O–H groups in total. The highest BCUT2D eigenvalue weighted by Gasteiger charge is 2.32. The molecule has 138 valence electrons. The number of imidazole rings is 1. The van der Waals surface area contributed by atoms with Gasteiger partial charge in [0.25, 0.3) is 5.91 Å². The Hall–Kier alpha value is -2.28. The Labute approximate surface area is 158 Å². The Morgan fingerprint density at radius 3 is 2.62 bits per heavy atom. The van der Waals surface area contributed by atoms with E-state index in [9.17, 15) is 9.59 Å². The minimum Gasteiger partial charge on any atom is -0.339 e. The molecule has 0 bridgehead atoms. The molecule has 1 aliphatic carbocycles. The number of amides is 2. The molecule has 2 amide bonds. The molecule has 1 aromatic carbocycles. The fourth-order valence-corrected chi connectivity index (χ4v) is 3.53. The number of hydrogen-bond acceptors (Lipinski definition) is 4. The van der Waals surface area contributed by atoms with Gasteiger partial charge in [0, 0.05) is 43.8 Å². The summed E-state index contributed by atoms with van der Waals surface area (Å²) in [6.07, 6.45) is 5.97. The van der Waals surface area contributed by atoms with Crippen molar-refractivity contribution in [2.75, 3.05) is 18.1 Å². The van der Waals surface area contributed by atoms with Gasteiger partial charge in [-0.15, -0.1) is 0 Å². The summed E-state index contributed by atoms with van der Waals surface area (Å²) in [5, 5.41) is 3.65. The van der Waals surface area contributed by atoms with E-state index in [1.165, 1.54) is 24.6 Å². The third-order valence-corrected chi connectivity index (χ3v) is 5.82. The number of aromatic nitrogens is 2. The van der Waals surface area contributed by atoms with Crippen molar-refractivity contribution in [2.24, 2.45) is 13.0 Å². The molecule has 1 aliphatic rings. The Morgan fingerprint density at radius 2 is 2.04 bits per heavy atom. The number of thioether (sulfide) groups is 1. The summed E-state index contributed by atoms with van der Waals surface area (Å²) in [7, 11) is 3.75. The summed E-state index contributed by atoms with van der Waals surface area (Å²) in [5.41, 5.74) is 1.32. The van der Waals surface area contributed by atoms with Crippen molar-refractivity contribution in [2.45, 2.75) is 31.0 Å². The lowest BCUT2D eigenvalue weighted by atomic mass is 10.1. The van der Waals surface area contributed by atoms with Gasteiger partial charge in [0.1, 0.15) is 0 Å². The fraction of sp³-hybridized carbons (Fsp3) is 0.421. The topological polar surface area (TPSA) is 67.2 Å². The molecule has 26 heavy (non-hydrogen) atoms. The Kier molecular flexibility index (Phi) is 5.66. The van der Waals surface area contributed by atoms with Gasteiger partial charge in [-0.3, -0.25) is 9.59 Å². The standard InChI is InChI=1S/C19H24N4O2S/c1-13(14-4-5-14)23(3)18(25)15-6-8-16(9-7-15)21-17(24)12-26-19-20-10-11-22(19)2/h6-11,13-14H,4-5,12H2,1-3H3,(H,21,24). The van der Waals surface area contributed by atoms with Crippen LogP contribution >= 0.6 is 11.8 Å². The van der Waals surface area contributed by atoms with Crippen LogP contribution in [0, 0.1) is 5.92 Å². The highest BCUT2D eigenvalue weighted by Crippen LogP contribution is 2.35. The van der Waals surface area contributed by atoms with E-state index in [0.717, 1.165) is 5.16 Å². The molecule has 7 heteroatoms. The van der Waals surface area contributed by atoms with Crippen molar-refractivity contribution in [3.63, 3.8) is 0 Å². The second-order valence-corrected chi connectivity index (χ2v) is 7.67. The zero-order chi connectivity index (χ0) is 18.7. The van der Waals surface area contributed by atoms with Gasteiger partial charge in [-0.05, 0) is 49.9 Å². The predicted molar refractivity (Wildman–Crippen MR) is 103 cm³/mol. The van der Waals surface area contributed by atoms with Gasteiger partial charge in [-0.1, -0.05) is 11.8 Å². The third-order valence-electron chi connectivity index (χ3n) is 4.76. The van der Waals surface area contributed by atoms with Gasteiger partial charge in [-0.2, -0.15) is 0 Å². The number of carbonyl (C=O) groups excluding carboxylic acids is 2. The second kappa shape index (κ2) is 7.95. The normalized spacial score (nSPS) is 14.7. The van der Waals surface area contributed by atoms with Gasteiger partial charge in [0.05, 0.1) is 5.75 Å². The first-order chi connectivity index (χ1) is 12.5. The Balaban J connectivity index is 1.52. The summed E-state index contributed by atoms with van der Waals surface area (Å²) in [6.45, 7) is 2.10. The van der Waals surface area contributed by atoms with Crippen molar-refractivity contribution in [3.05, 3.63) is 42.2 Å². The molecule has 1 unspecified atom stereocenters. The fourth-order valence-electron chi connectivity index (χ4n) is 2.80. The number of carbonyl (C=O) groups is 2. The lowest BCUT2D eigenvalue weighted by Gasteiger charge is -2.25. The minimum atomic E-state index is -0.100. The summed E-state index contributed by atoms with van der Waals surface area (Å²) in [5.74, 6) is 0.843. The van der Waals surface area contributed by atoms with E-state index in [1.54, 1.807) is 30.5 Å². The predicted octanol–water partition coefficient (Wildman–Crippen LogP) is 3.02. The van der Waals surface area contributed by atoms with Crippen LogP contribution in [0.3, 0.4) is 0 Å². The van der Waals surface area contributed by atoms with Crippen molar-refractivity contribution in [1.29, 1.82) is 0 Å². The average molecular weight is 372 g/mol. The van der Waals surface area contributed by atoms with Gasteiger partial charge in [0.15, 0.2) is 5.16 Å². The quantitative estimate of drug-likeness (QED) is 0.759. The molecule has 1 aromatic heterocycles. The highest BCUT2D eigenvalue weighted by molar-refractivity contribution is 7.99. The maximum absolute atomic E-state index is 12.5. The van der Waals surface area contributed by atoms with Crippen LogP contribution in [-0.4, -0.2) is 45.1 Å². The largest absolute Gasteiger partial charge is 0.339 e. The molecule has 1 saturated carbocycles. The average Bonchev–Trinajstić information content (AvgIpc) is 3.41. The van der Waals surface area contributed by atoms with Gasteiger partial charge < -0.3 is 14.8 Å². The van der Waals surface area contributed by atoms with Crippen molar-refractivity contribution < 1.29 is 9.59 Å². The molecule has 1 atom stereocenters. The van der Waals surface area contributed by atoms with Crippen LogP contribution in [0.4, 0.5) is 5.69 Å². The van der Waals surface area contributed by atoms with Crippen LogP contribution in [0.1, 0.15) is 30.1 Å². The van der Waals surface area contributed by atoms with E-state index in [0.29, 0.717) is 17.2 Å². The molecular weight excluding hydrogens is 348 g/mol. The van der Waals surface area contributed by atoms with Crippen LogP contribution < -0.4 is 5.32 Å². The molecule has 2 aromatic rings. The highest BCUT2D eigenvalue weighted by atomic mass is 32.2. The molecule has 1 heterocycles. The van der Waals surface area contributed by atoms with E-state index in [4.69, 9.17) is 0 Å². The monoisotopic (exact) mass is 372 g/mol. The first-order valence-electron chi connectivity index (χ1n) is 8.73. The SMILES string of the molecule is CC(C1CC1)N(C)C(=O)c1ccc(NC(=O)CSc2nccn2C)cc1. The van der Waals surface area contributed by atoms with E-state index in [-0.39, 0.29) is 23.6 Å². The van der Waals surface area contributed by atoms with Crippen LogP contribution in [-0.2, 0) is 11.8 Å². The van der Waals surface area contributed by atoms with Crippen LogP contribution in [0.2, 0.25) is 0 Å². The molecule has 0 radical (unpaired) electrons. The number of aryl methyl sites for hydroxylation is 1. The summed E-state index contributed by atoms with van der Waals surface area (Å²) < 4.78 is 1.87. The van der Waals surface area contributed by atoms with E-state index in [2.05, 4.69) is 17.2 Å². The van der Waals surface area contributed by atoms with Crippen LogP contribution in [0.25, 0.3) is 0 Å². The minimum absolute atomic E-state index is 0.0209. The van der Waals surface area contributed by atoms with Crippen molar-refractivity contribution in [1.82, 2.24) is 14.5 Å². The molecular formula is C19H24N4O2S.